The lowest BCUT2D eigenvalue weighted by Gasteiger charge is -2.26. The number of nitrogens with zero attached hydrogens (tertiary/aromatic N) is 1. The fraction of sp³-hybridized carbons (Fsp3) is 0.529. The van der Waals surface area contributed by atoms with Gasteiger partial charge >= 0.3 is 5.97 Å². The van der Waals surface area contributed by atoms with Crippen LogP contribution in [0.5, 0.6) is 5.75 Å². The van der Waals surface area contributed by atoms with Gasteiger partial charge in [-0.2, -0.15) is 0 Å². The predicted octanol–water partition coefficient (Wildman–Crippen LogP) is 2.32. The predicted molar refractivity (Wildman–Crippen MR) is 82.7 cm³/mol. The van der Waals surface area contributed by atoms with Crippen molar-refractivity contribution in [3.05, 3.63) is 29.8 Å². The molecule has 1 amide bonds. The maximum Gasteiger partial charge on any atom is 0.309 e. The molecule has 1 saturated heterocycles. The number of hydrogen-bond acceptors (Lipinski definition) is 4. The third-order valence-electron chi connectivity index (χ3n) is 3.66. The van der Waals surface area contributed by atoms with Gasteiger partial charge in [0.2, 0.25) is 0 Å². The van der Waals surface area contributed by atoms with E-state index in [2.05, 4.69) is 0 Å². The van der Waals surface area contributed by atoms with Crippen molar-refractivity contribution in [1.82, 2.24) is 4.90 Å². The molecule has 0 spiro atoms. The van der Waals surface area contributed by atoms with Crippen LogP contribution in [0.15, 0.2) is 24.3 Å². The first kappa shape index (κ1) is 16.3. The fourth-order valence-corrected chi connectivity index (χ4v) is 2.34. The third kappa shape index (κ3) is 5.39. The molecule has 0 atom stereocenters. The molecule has 1 aromatic carbocycles. The number of likely N-dealkylation sites (tertiary alicyclic amines) is 1. The van der Waals surface area contributed by atoms with E-state index in [1.165, 1.54) is 6.42 Å². The number of aryl methyl sites for hydroxylation is 1. The molecule has 1 aliphatic rings. The number of rotatable bonds is 6. The van der Waals surface area contributed by atoms with Crippen LogP contribution in [0.3, 0.4) is 0 Å². The highest BCUT2D eigenvalue weighted by Crippen LogP contribution is 2.12. The molecule has 5 nitrogen and oxygen atoms in total. The Labute approximate surface area is 131 Å². The third-order valence-corrected chi connectivity index (χ3v) is 3.66. The first-order valence-corrected chi connectivity index (χ1v) is 7.78. The molecular formula is C17H23NO4. The summed E-state index contributed by atoms with van der Waals surface area (Å²) in [5, 5.41) is 0. The highest BCUT2D eigenvalue weighted by Gasteiger charge is 2.17. The van der Waals surface area contributed by atoms with Gasteiger partial charge in [-0.05, 0) is 38.3 Å². The van der Waals surface area contributed by atoms with Gasteiger partial charge < -0.3 is 14.4 Å². The Hall–Kier alpha value is -2.04. The first-order valence-electron chi connectivity index (χ1n) is 7.78. The molecule has 1 heterocycles. The molecular weight excluding hydrogens is 282 g/mol. The van der Waals surface area contributed by atoms with Crippen molar-refractivity contribution in [3.63, 3.8) is 0 Å². The Morgan fingerprint density at radius 3 is 2.45 bits per heavy atom. The SMILES string of the molecule is Cc1ccc(OCCC(=O)OCC(=O)N2CCCCC2)cc1. The van der Waals surface area contributed by atoms with Gasteiger partial charge in [0.05, 0.1) is 13.0 Å². The zero-order valence-electron chi connectivity index (χ0n) is 13.0. The number of hydrogen-bond donors (Lipinski definition) is 0. The lowest BCUT2D eigenvalue weighted by molar-refractivity contribution is -0.152. The number of ether oxygens (including phenoxy) is 2. The zero-order valence-corrected chi connectivity index (χ0v) is 13.0. The van der Waals surface area contributed by atoms with Gasteiger partial charge in [0.15, 0.2) is 6.61 Å². The molecule has 1 aromatic rings. The highest BCUT2D eigenvalue weighted by molar-refractivity contribution is 5.80. The van der Waals surface area contributed by atoms with E-state index >= 15 is 0 Å². The van der Waals surface area contributed by atoms with Crippen molar-refractivity contribution in [2.45, 2.75) is 32.6 Å². The van der Waals surface area contributed by atoms with Crippen LogP contribution in [-0.4, -0.2) is 43.1 Å². The molecule has 0 saturated carbocycles. The van der Waals surface area contributed by atoms with E-state index < -0.39 is 5.97 Å². The van der Waals surface area contributed by atoms with Crippen LogP contribution >= 0.6 is 0 Å². The number of piperidine rings is 1. The second-order valence-corrected chi connectivity index (χ2v) is 5.51. The lowest BCUT2D eigenvalue weighted by atomic mass is 10.1. The number of amides is 1. The number of carbonyl (C=O) groups is 2. The second-order valence-electron chi connectivity index (χ2n) is 5.51. The summed E-state index contributed by atoms with van der Waals surface area (Å²) in [6.07, 6.45) is 3.37. The normalized spacial score (nSPS) is 14.5. The van der Waals surface area contributed by atoms with Crippen molar-refractivity contribution in [2.75, 3.05) is 26.3 Å². The molecule has 2 rings (SSSR count). The minimum atomic E-state index is -0.405. The maximum absolute atomic E-state index is 11.8. The van der Waals surface area contributed by atoms with Crippen LogP contribution in [0.25, 0.3) is 0 Å². The zero-order chi connectivity index (χ0) is 15.8. The smallest absolute Gasteiger partial charge is 0.309 e. The van der Waals surface area contributed by atoms with Crippen LogP contribution < -0.4 is 4.74 Å². The van der Waals surface area contributed by atoms with Gasteiger partial charge in [-0.1, -0.05) is 17.7 Å². The molecule has 0 bridgehead atoms. The van der Waals surface area contributed by atoms with Gasteiger partial charge in [0.25, 0.3) is 5.91 Å². The van der Waals surface area contributed by atoms with Gasteiger partial charge in [0.1, 0.15) is 5.75 Å². The average molecular weight is 305 g/mol. The van der Waals surface area contributed by atoms with Crippen LogP contribution in [0.4, 0.5) is 0 Å². The van der Waals surface area contributed by atoms with E-state index in [4.69, 9.17) is 9.47 Å². The minimum Gasteiger partial charge on any atom is -0.493 e. The Morgan fingerprint density at radius 2 is 1.77 bits per heavy atom. The number of esters is 1. The molecule has 0 radical (unpaired) electrons. The van der Waals surface area contributed by atoms with Crippen LogP contribution in [-0.2, 0) is 14.3 Å². The quantitative estimate of drug-likeness (QED) is 0.757. The lowest BCUT2D eigenvalue weighted by Crippen LogP contribution is -2.38. The Bertz CT molecular complexity index is 492. The highest BCUT2D eigenvalue weighted by atomic mass is 16.5. The van der Waals surface area contributed by atoms with Crippen LogP contribution in [0.2, 0.25) is 0 Å². The van der Waals surface area contributed by atoms with E-state index in [1.807, 2.05) is 31.2 Å². The van der Waals surface area contributed by atoms with Crippen LogP contribution in [0.1, 0.15) is 31.2 Å². The second kappa shape index (κ2) is 8.41. The van der Waals surface area contributed by atoms with E-state index in [1.54, 1.807) is 4.90 Å². The summed E-state index contributed by atoms with van der Waals surface area (Å²) >= 11 is 0. The topological polar surface area (TPSA) is 55.8 Å². The molecule has 5 heteroatoms. The van der Waals surface area contributed by atoms with Crippen molar-refractivity contribution in [3.8, 4) is 5.75 Å². The monoisotopic (exact) mass is 305 g/mol. The first-order chi connectivity index (χ1) is 10.6. The van der Waals surface area contributed by atoms with Crippen molar-refractivity contribution >= 4 is 11.9 Å². The maximum atomic E-state index is 11.8. The number of carbonyl (C=O) groups excluding carboxylic acids is 2. The van der Waals surface area contributed by atoms with Gasteiger partial charge in [0, 0.05) is 13.1 Å². The van der Waals surface area contributed by atoms with Gasteiger partial charge in [-0.3, -0.25) is 9.59 Å². The summed E-state index contributed by atoms with van der Waals surface area (Å²) in [7, 11) is 0. The minimum absolute atomic E-state index is 0.104. The summed E-state index contributed by atoms with van der Waals surface area (Å²) < 4.78 is 10.5. The molecule has 120 valence electrons. The summed E-state index contributed by atoms with van der Waals surface area (Å²) in [6.45, 7) is 3.63. The van der Waals surface area contributed by atoms with Gasteiger partial charge in [-0.25, -0.2) is 0 Å². The summed E-state index contributed by atoms with van der Waals surface area (Å²) in [4.78, 5) is 25.2. The molecule has 1 fully saturated rings. The Morgan fingerprint density at radius 1 is 1.09 bits per heavy atom. The molecule has 1 aliphatic heterocycles. The largest absolute Gasteiger partial charge is 0.493 e. The standard InChI is InChI=1S/C17H23NO4/c1-14-5-7-15(8-6-14)21-12-9-17(20)22-13-16(19)18-10-3-2-4-11-18/h5-8H,2-4,9-13H2,1H3. The van der Waals surface area contributed by atoms with Crippen molar-refractivity contribution < 1.29 is 19.1 Å². The van der Waals surface area contributed by atoms with Crippen LogP contribution in [0, 0.1) is 6.92 Å². The summed E-state index contributed by atoms with van der Waals surface area (Å²) in [6, 6.07) is 7.62. The molecule has 0 aliphatic carbocycles. The van der Waals surface area contributed by atoms with Crippen molar-refractivity contribution in [1.29, 1.82) is 0 Å². The Balaban J connectivity index is 1.61. The summed E-state index contributed by atoms with van der Waals surface area (Å²) in [5.41, 5.74) is 1.16. The fourth-order valence-electron chi connectivity index (χ4n) is 2.34. The number of benzene rings is 1. The average Bonchev–Trinajstić information content (AvgIpc) is 2.55. The molecule has 0 unspecified atom stereocenters. The van der Waals surface area contributed by atoms with Crippen molar-refractivity contribution in [2.24, 2.45) is 0 Å². The van der Waals surface area contributed by atoms with E-state index in [9.17, 15) is 9.59 Å². The summed E-state index contributed by atoms with van der Waals surface area (Å²) in [5.74, 6) is 0.216. The Kier molecular flexibility index (Phi) is 6.25. The van der Waals surface area contributed by atoms with E-state index in [0.717, 1.165) is 37.2 Å². The van der Waals surface area contributed by atoms with E-state index in [0.29, 0.717) is 0 Å². The van der Waals surface area contributed by atoms with E-state index in [-0.39, 0.29) is 25.5 Å². The molecule has 22 heavy (non-hydrogen) atoms. The van der Waals surface area contributed by atoms with Gasteiger partial charge in [-0.15, -0.1) is 0 Å². The molecule has 0 aromatic heterocycles. The molecule has 0 N–H and O–H groups in total.